The van der Waals surface area contributed by atoms with Gasteiger partial charge in [-0.05, 0) is 17.7 Å². The number of hydrogen-bond acceptors (Lipinski definition) is 6. The maximum atomic E-state index is 11.3. The Balaban J connectivity index is 2.27. The summed E-state index contributed by atoms with van der Waals surface area (Å²) in [5.74, 6) is -1.24. The first-order valence-corrected chi connectivity index (χ1v) is 7.31. The molecule has 0 radical (unpaired) electrons. The smallest absolute Gasteiger partial charge is 0.335 e. The van der Waals surface area contributed by atoms with Crippen LogP contribution in [0.25, 0.3) is 10.4 Å². The molecule has 0 unspecified atom stereocenters. The fourth-order valence-electron chi connectivity index (χ4n) is 2.22. The van der Waals surface area contributed by atoms with Crippen LogP contribution in [0.5, 0.6) is 0 Å². The van der Waals surface area contributed by atoms with E-state index in [1.54, 1.807) is 0 Å². The number of hydrogen-bond donors (Lipinski definition) is 2. The second kappa shape index (κ2) is 7.48. The third-order valence-corrected chi connectivity index (χ3v) is 4.41. The molecular weight excluding hydrogens is 310 g/mol. The molecule has 8 nitrogen and oxygen atoms in total. The molecule has 1 saturated heterocycles. The molecule has 2 rings (SSSR count). The van der Waals surface area contributed by atoms with Crippen molar-refractivity contribution >= 4 is 17.7 Å². The maximum Gasteiger partial charge on any atom is 0.335 e. The lowest BCUT2D eigenvalue weighted by atomic mass is 9.97. The highest BCUT2D eigenvalue weighted by Gasteiger charge is 2.48. The molecule has 22 heavy (non-hydrogen) atoms. The van der Waals surface area contributed by atoms with E-state index in [1.165, 1.54) is 7.11 Å². The van der Waals surface area contributed by atoms with Crippen LogP contribution in [0.3, 0.4) is 0 Å². The number of azide groups is 1. The van der Waals surface area contributed by atoms with Crippen LogP contribution in [0, 0.1) is 0 Å². The molecule has 1 fully saturated rings. The number of rotatable bonds is 5. The molecule has 1 aromatic carbocycles. The van der Waals surface area contributed by atoms with E-state index in [1.807, 2.05) is 30.3 Å². The van der Waals surface area contributed by atoms with E-state index in [0.29, 0.717) is 0 Å². The van der Waals surface area contributed by atoms with Crippen molar-refractivity contribution in [2.75, 3.05) is 7.11 Å². The van der Waals surface area contributed by atoms with Gasteiger partial charge in [-0.3, -0.25) is 0 Å². The lowest BCUT2D eigenvalue weighted by Crippen LogP contribution is -2.58. The normalized spacial score (nSPS) is 31.3. The van der Waals surface area contributed by atoms with Gasteiger partial charge in [0.05, 0.1) is 6.04 Å². The van der Waals surface area contributed by atoms with E-state index >= 15 is 0 Å². The largest absolute Gasteiger partial charge is 0.479 e. The number of methoxy groups -OCH3 is 1. The SMILES string of the molecule is CO[C@@H]1[C@H](N=[N+]=[N-])[C@@H](O)[C@H](Sc2ccccc2)O[C@@H]1C(=O)O. The average molecular weight is 325 g/mol. The van der Waals surface area contributed by atoms with Gasteiger partial charge in [0.2, 0.25) is 0 Å². The first-order valence-electron chi connectivity index (χ1n) is 6.43. The molecule has 0 aliphatic carbocycles. The number of thioether (sulfide) groups is 1. The molecular formula is C13H15N3O5S. The molecule has 0 aromatic heterocycles. The van der Waals surface area contributed by atoms with Crippen molar-refractivity contribution < 1.29 is 24.5 Å². The highest BCUT2D eigenvalue weighted by Crippen LogP contribution is 2.35. The van der Waals surface area contributed by atoms with Crippen LogP contribution in [0.1, 0.15) is 0 Å². The summed E-state index contributed by atoms with van der Waals surface area (Å²) in [6, 6.07) is 8.03. The zero-order chi connectivity index (χ0) is 16.1. The zero-order valence-electron chi connectivity index (χ0n) is 11.6. The Labute approximate surface area is 130 Å². The summed E-state index contributed by atoms with van der Waals surface area (Å²) in [4.78, 5) is 14.8. The minimum Gasteiger partial charge on any atom is -0.479 e. The minimum atomic E-state index is -1.33. The quantitative estimate of drug-likeness (QED) is 0.481. The third-order valence-electron chi connectivity index (χ3n) is 3.24. The van der Waals surface area contributed by atoms with Crippen molar-refractivity contribution in [3.63, 3.8) is 0 Å². The molecule has 0 amide bonds. The van der Waals surface area contributed by atoms with Gasteiger partial charge in [-0.15, -0.1) is 0 Å². The van der Waals surface area contributed by atoms with E-state index in [4.69, 9.17) is 15.0 Å². The first-order chi connectivity index (χ1) is 10.6. The van der Waals surface area contributed by atoms with Crippen LogP contribution in [0.4, 0.5) is 0 Å². The lowest BCUT2D eigenvalue weighted by Gasteiger charge is -2.40. The lowest BCUT2D eigenvalue weighted by molar-refractivity contribution is -0.187. The second-order valence-electron chi connectivity index (χ2n) is 4.58. The topological polar surface area (TPSA) is 125 Å². The number of carboxylic acids is 1. The van der Waals surface area contributed by atoms with E-state index in [0.717, 1.165) is 16.7 Å². The van der Waals surface area contributed by atoms with Crippen LogP contribution in [-0.2, 0) is 14.3 Å². The second-order valence-corrected chi connectivity index (χ2v) is 5.75. The summed E-state index contributed by atoms with van der Waals surface area (Å²) in [6.45, 7) is 0. The number of aliphatic hydroxyl groups excluding tert-OH is 1. The molecule has 0 bridgehead atoms. The van der Waals surface area contributed by atoms with E-state index in [-0.39, 0.29) is 0 Å². The molecule has 0 spiro atoms. The number of carboxylic acid groups (broad SMARTS) is 1. The van der Waals surface area contributed by atoms with Crippen molar-refractivity contribution in [1.82, 2.24) is 0 Å². The molecule has 1 aliphatic heterocycles. The van der Waals surface area contributed by atoms with Crippen molar-refractivity contribution in [3.05, 3.63) is 40.8 Å². The van der Waals surface area contributed by atoms with Crippen LogP contribution < -0.4 is 0 Å². The van der Waals surface area contributed by atoms with Crippen molar-refractivity contribution in [2.24, 2.45) is 5.11 Å². The van der Waals surface area contributed by atoms with E-state index in [9.17, 15) is 15.0 Å². The van der Waals surface area contributed by atoms with Crippen LogP contribution in [0.2, 0.25) is 0 Å². The summed E-state index contributed by atoms with van der Waals surface area (Å²) in [5, 5.41) is 23.1. The summed E-state index contributed by atoms with van der Waals surface area (Å²) in [5.41, 5.74) is 7.76. The Morgan fingerprint density at radius 1 is 1.45 bits per heavy atom. The number of benzene rings is 1. The Kier molecular flexibility index (Phi) is 5.64. The molecule has 9 heteroatoms. The van der Waals surface area contributed by atoms with Gasteiger partial charge in [0.15, 0.2) is 6.10 Å². The summed E-state index contributed by atoms with van der Waals surface area (Å²) < 4.78 is 10.5. The van der Waals surface area contributed by atoms with Gasteiger partial charge in [-0.2, -0.15) is 0 Å². The van der Waals surface area contributed by atoms with Crippen LogP contribution >= 0.6 is 11.8 Å². The standard InChI is InChI=1S/C13H15N3O5S/c1-20-10-8(15-16-14)9(17)13(21-11(10)12(18)19)22-7-5-3-2-4-6-7/h2-6,8-11,13,17H,1H3,(H,18,19)/t8-,9-,10-,11+,13+/m1/s1. The molecule has 2 N–H and O–H groups in total. The predicted molar refractivity (Wildman–Crippen MR) is 78.3 cm³/mol. The molecule has 1 heterocycles. The number of aliphatic carboxylic acids is 1. The molecule has 1 aliphatic rings. The Morgan fingerprint density at radius 2 is 2.14 bits per heavy atom. The number of nitrogens with zero attached hydrogens (tertiary/aromatic N) is 3. The minimum absolute atomic E-state index is 0.797. The fraction of sp³-hybridized carbons (Fsp3) is 0.462. The Hall–Kier alpha value is -1.77. The molecule has 1 aromatic rings. The van der Waals surface area contributed by atoms with Gasteiger partial charge in [0.1, 0.15) is 17.6 Å². The molecule has 118 valence electrons. The average Bonchev–Trinajstić information content (AvgIpc) is 2.52. The summed E-state index contributed by atoms with van der Waals surface area (Å²) in [7, 11) is 1.28. The predicted octanol–water partition coefficient (Wildman–Crippen LogP) is 1.64. The Morgan fingerprint density at radius 3 is 2.68 bits per heavy atom. The first kappa shape index (κ1) is 16.6. The van der Waals surface area contributed by atoms with E-state index < -0.39 is 35.8 Å². The highest BCUT2D eigenvalue weighted by molar-refractivity contribution is 7.99. The van der Waals surface area contributed by atoms with Crippen molar-refractivity contribution in [3.8, 4) is 0 Å². The van der Waals surface area contributed by atoms with Gasteiger partial charge in [0.25, 0.3) is 0 Å². The monoisotopic (exact) mass is 325 g/mol. The van der Waals surface area contributed by atoms with Gasteiger partial charge < -0.3 is 19.7 Å². The zero-order valence-corrected chi connectivity index (χ0v) is 12.5. The number of carbonyl (C=O) groups is 1. The summed E-state index contributed by atoms with van der Waals surface area (Å²) >= 11 is 1.16. The van der Waals surface area contributed by atoms with Gasteiger partial charge in [-0.1, -0.05) is 35.1 Å². The van der Waals surface area contributed by atoms with Gasteiger partial charge >= 0.3 is 5.97 Å². The van der Waals surface area contributed by atoms with E-state index in [2.05, 4.69) is 10.0 Å². The summed E-state index contributed by atoms with van der Waals surface area (Å²) in [6.07, 6.45) is -3.58. The third kappa shape index (κ3) is 3.52. The van der Waals surface area contributed by atoms with Crippen LogP contribution in [-0.4, -0.2) is 53.1 Å². The fourth-order valence-corrected chi connectivity index (χ4v) is 3.28. The molecule has 0 saturated carbocycles. The van der Waals surface area contributed by atoms with Gasteiger partial charge in [0, 0.05) is 16.9 Å². The van der Waals surface area contributed by atoms with Crippen molar-refractivity contribution in [2.45, 2.75) is 34.7 Å². The molecule has 5 atom stereocenters. The van der Waals surface area contributed by atoms with Crippen LogP contribution in [0.15, 0.2) is 40.3 Å². The highest BCUT2D eigenvalue weighted by atomic mass is 32.2. The number of ether oxygens (including phenoxy) is 2. The Bertz CT molecular complexity index is 566. The van der Waals surface area contributed by atoms with Gasteiger partial charge in [-0.25, -0.2) is 4.79 Å². The number of aliphatic hydroxyl groups is 1. The maximum absolute atomic E-state index is 11.3. The van der Waals surface area contributed by atoms with Crippen molar-refractivity contribution in [1.29, 1.82) is 0 Å².